The SMILES string of the molecule is CCCNC1COc2c(F)cc(Br)cc21. The topological polar surface area (TPSA) is 21.3 Å². The summed E-state index contributed by atoms with van der Waals surface area (Å²) in [7, 11) is 0. The predicted octanol–water partition coefficient (Wildman–Crippen LogP) is 3.02. The van der Waals surface area contributed by atoms with E-state index in [0.717, 1.165) is 23.0 Å². The monoisotopic (exact) mass is 273 g/mol. The zero-order valence-corrected chi connectivity index (χ0v) is 10.1. The molecule has 0 amide bonds. The Bertz CT molecular complexity index is 370. The molecule has 1 aliphatic heterocycles. The first-order valence-electron chi connectivity index (χ1n) is 5.07. The second-order valence-electron chi connectivity index (χ2n) is 3.62. The van der Waals surface area contributed by atoms with Crippen LogP contribution in [0.15, 0.2) is 16.6 Å². The van der Waals surface area contributed by atoms with Crippen molar-refractivity contribution in [2.45, 2.75) is 19.4 Å². The number of fused-ring (bicyclic) bond motifs is 1. The van der Waals surface area contributed by atoms with Gasteiger partial charge in [0.2, 0.25) is 0 Å². The molecule has 1 aromatic rings. The van der Waals surface area contributed by atoms with Crippen LogP contribution in [-0.2, 0) is 0 Å². The van der Waals surface area contributed by atoms with Crippen LogP contribution in [0.5, 0.6) is 5.75 Å². The second-order valence-corrected chi connectivity index (χ2v) is 4.54. The first-order valence-corrected chi connectivity index (χ1v) is 5.86. The van der Waals surface area contributed by atoms with E-state index in [0.29, 0.717) is 12.4 Å². The molecule has 0 spiro atoms. The van der Waals surface area contributed by atoms with E-state index in [-0.39, 0.29) is 11.9 Å². The van der Waals surface area contributed by atoms with E-state index < -0.39 is 0 Å². The third-order valence-corrected chi connectivity index (χ3v) is 2.91. The van der Waals surface area contributed by atoms with Crippen molar-refractivity contribution in [3.05, 3.63) is 28.0 Å². The summed E-state index contributed by atoms with van der Waals surface area (Å²) in [6.45, 7) is 3.54. The van der Waals surface area contributed by atoms with Crippen LogP contribution in [0.4, 0.5) is 4.39 Å². The van der Waals surface area contributed by atoms with Crippen LogP contribution < -0.4 is 10.1 Å². The summed E-state index contributed by atoms with van der Waals surface area (Å²) in [4.78, 5) is 0. The fourth-order valence-electron chi connectivity index (χ4n) is 1.74. The molecule has 4 heteroatoms. The van der Waals surface area contributed by atoms with Crippen LogP contribution >= 0.6 is 15.9 Å². The van der Waals surface area contributed by atoms with E-state index in [1.165, 1.54) is 6.07 Å². The van der Waals surface area contributed by atoms with Crippen LogP contribution in [0.3, 0.4) is 0 Å². The summed E-state index contributed by atoms with van der Waals surface area (Å²) in [6.07, 6.45) is 1.06. The highest BCUT2D eigenvalue weighted by molar-refractivity contribution is 9.10. The number of nitrogens with one attached hydrogen (secondary N) is 1. The van der Waals surface area contributed by atoms with Crippen molar-refractivity contribution >= 4 is 15.9 Å². The van der Waals surface area contributed by atoms with Gasteiger partial charge in [0.1, 0.15) is 6.61 Å². The van der Waals surface area contributed by atoms with Gasteiger partial charge in [0, 0.05) is 10.0 Å². The molecule has 2 nitrogen and oxygen atoms in total. The molecular weight excluding hydrogens is 261 g/mol. The Morgan fingerprint density at radius 2 is 2.40 bits per heavy atom. The quantitative estimate of drug-likeness (QED) is 0.914. The van der Waals surface area contributed by atoms with Gasteiger partial charge in [-0.1, -0.05) is 22.9 Å². The average molecular weight is 274 g/mol. The lowest BCUT2D eigenvalue weighted by Gasteiger charge is -2.10. The van der Waals surface area contributed by atoms with Gasteiger partial charge in [0.15, 0.2) is 11.6 Å². The van der Waals surface area contributed by atoms with Crippen LogP contribution in [-0.4, -0.2) is 13.2 Å². The Kier molecular flexibility index (Phi) is 3.26. The molecule has 0 radical (unpaired) electrons. The molecule has 2 rings (SSSR count). The van der Waals surface area contributed by atoms with Gasteiger partial charge in [-0.15, -0.1) is 0 Å². The van der Waals surface area contributed by atoms with E-state index in [4.69, 9.17) is 4.74 Å². The standard InChI is InChI=1S/C11H13BrFNO/c1-2-3-14-10-6-15-11-8(10)4-7(12)5-9(11)13/h4-5,10,14H,2-3,6H2,1H3. The number of rotatable bonds is 3. The van der Waals surface area contributed by atoms with Crippen molar-refractivity contribution in [2.24, 2.45) is 0 Å². The maximum absolute atomic E-state index is 13.5. The Labute approximate surface area is 96.9 Å². The minimum atomic E-state index is -0.292. The fraction of sp³-hybridized carbons (Fsp3) is 0.455. The minimum Gasteiger partial charge on any atom is -0.488 e. The molecule has 1 aromatic carbocycles. The molecule has 1 aliphatic rings. The maximum atomic E-state index is 13.5. The third kappa shape index (κ3) is 2.16. The molecule has 0 aliphatic carbocycles. The van der Waals surface area contributed by atoms with Gasteiger partial charge in [-0.05, 0) is 25.1 Å². The largest absolute Gasteiger partial charge is 0.488 e. The van der Waals surface area contributed by atoms with E-state index in [1.807, 2.05) is 6.07 Å². The highest BCUT2D eigenvalue weighted by atomic mass is 79.9. The van der Waals surface area contributed by atoms with E-state index in [9.17, 15) is 4.39 Å². The lowest BCUT2D eigenvalue weighted by atomic mass is 10.1. The third-order valence-electron chi connectivity index (χ3n) is 2.45. The normalized spacial score (nSPS) is 18.7. The molecule has 0 saturated heterocycles. The summed E-state index contributed by atoms with van der Waals surface area (Å²) in [6, 6.07) is 3.46. The van der Waals surface area contributed by atoms with Gasteiger partial charge in [-0.25, -0.2) is 4.39 Å². The predicted molar refractivity (Wildman–Crippen MR) is 60.6 cm³/mol. The van der Waals surface area contributed by atoms with Crippen LogP contribution in [0.2, 0.25) is 0 Å². The van der Waals surface area contributed by atoms with Gasteiger partial charge < -0.3 is 10.1 Å². The fourth-order valence-corrected chi connectivity index (χ4v) is 2.18. The number of ether oxygens (including phenoxy) is 1. The zero-order chi connectivity index (χ0) is 10.8. The van der Waals surface area contributed by atoms with E-state index in [1.54, 1.807) is 0 Å². The highest BCUT2D eigenvalue weighted by Crippen LogP contribution is 2.36. The number of benzene rings is 1. The minimum absolute atomic E-state index is 0.118. The zero-order valence-electron chi connectivity index (χ0n) is 8.52. The second kappa shape index (κ2) is 4.49. The van der Waals surface area contributed by atoms with Crippen LogP contribution in [0.25, 0.3) is 0 Å². The molecule has 15 heavy (non-hydrogen) atoms. The summed E-state index contributed by atoms with van der Waals surface area (Å²) in [5.74, 6) is 0.104. The molecule has 1 heterocycles. The van der Waals surface area contributed by atoms with Gasteiger partial charge in [0.05, 0.1) is 6.04 Å². The van der Waals surface area contributed by atoms with E-state index >= 15 is 0 Å². The number of halogens is 2. The summed E-state index contributed by atoms with van der Waals surface area (Å²) < 4.78 is 19.6. The lowest BCUT2D eigenvalue weighted by molar-refractivity contribution is 0.301. The van der Waals surface area contributed by atoms with Gasteiger partial charge >= 0.3 is 0 Å². The highest BCUT2D eigenvalue weighted by Gasteiger charge is 2.26. The van der Waals surface area contributed by atoms with E-state index in [2.05, 4.69) is 28.2 Å². The summed E-state index contributed by atoms with van der Waals surface area (Å²) in [5, 5.41) is 3.33. The lowest BCUT2D eigenvalue weighted by Crippen LogP contribution is -2.23. The Morgan fingerprint density at radius 3 is 3.13 bits per heavy atom. The Hall–Kier alpha value is -0.610. The summed E-state index contributed by atoms with van der Waals surface area (Å²) in [5.41, 5.74) is 0.912. The molecule has 1 N–H and O–H groups in total. The summed E-state index contributed by atoms with van der Waals surface area (Å²) >= 11 is 3.29. The van der Waals surface area contributed by atoms with Crippen molar-refractivity contribution in [3.63, 3.8) is 0 Å². The molecule has 0 bridgehead atoms. The maximum Gasteiger partial charge on any atom is 0.166 e. The average Bonchev–Trinajstić information content (AvgIpc) is 2.58. The van der Waals surface area contributed by atoms with Gasteiger partial charge in [-0.2, -0.15) is 0 Å². The Morgan fingerprint density at radius 1 is 1.60 bits per heavy atom. The number of hydrogen-bond acceptors (Lipinski definition) is 2. The van der Waals surface area contributed by atoms with Crippen molar-refractivity contribution in [3.8, 4) is 5.75 Å². The molecule has 1 atom stereocenters. The molecular formula is C11H13BrFNO. The van der Waals surface area contributed by atoms with Crippen LogP contribution in [0, 0.1) is 5.82 Å². The van der Waals surface area contributed by atoms with Gasteiger partial charge in [0.25, 0.3) is 0 Å². The molecule has 82 valence electrons. The van der Waals surface area contributed by atoms with Crippen molar-refractivity contribution in [1.82, 2.24) is 5.32 Å². The molecule has 0 aromatic heterocycles. The van der Waals surface area contributed by atoms with Crippen molar-refractivity contribution in [2.75, 3.05) is 13.2 Å². The molecule has 0 fully saturated rings. The van der Waals surface area contributed by atoms with Crippen molar-refractivity contribution < 1.29 is 9.13 Å². The van der Waals surface area contributed by atoms with Crippen molar-refractivity contribution in [1.29, 1.82) is 0 Å². The first kappa shape index (κ1) is 10.9. The van der Waals surface area contributed by atoms with Gasteiger partial charge in [-0.3, -0.25) is 0 Å². The number of hydrogen-bond donors (Lipinski definition) is 1. The smallest absolute Gasteiger partial charge is 0.166 e. The molecule has 1 unspecified atom stereocenters. The first-order chi connectivity index (χ1) is 7.22. The van der Waals surface area contributed by atoms with Crippen LogP contribution in [0.1, 0.15) is 24.9 Å². The molecule has 0 saturated carbocycles. The Balaban J connectivity index is 2.25.